The van der Waals surface area contributed by atoms with Gasteiger partial charge in [0.15, 0.2) is 0 Å². The first-order chi connectivity index (χ1) is 19.5. The molecule has 226 valence electrons. The molecule has 1 heterocycles. The van der Waals surface area contributed by atoms with Crippen molar-refractivity contribution in [3.8, 4) is 5.75 Å². The van der Waals surface area contributed by atoms with Crippen LogP contribution in [0.25, 0.3) is 0 Å². The van der Waals surface area contributed by atoms with Crippen LogP contribution in [0.5, 0.6) is 5.75 Å². The van der Waals surface area contributed by atoms with Gasteiger partial charge >= 0.3 is 16.3 Å². The summed E-state index contributed by atoms with van der Waals surface area (Å²) >= 11 is 0. The zero-order chi connectivity index (χ0) is 29.5. The van der Waals surface area contributed by atoms with Gasteiger partial charge < -0.3 is 14.8 Å². The van der Waals surface area contributed by atoms with Gasteiger partial charge in [-0.3, -0.25) is 4.90 Å². The molecule has 0 spiro atoms. The van der Waals surface area contributed by atoms with Gasteiger partial charge in [-0.1, -0.05) is 42.5 Å². The number of methoxy groups -OCH3 is 1. The van der Waals surface area contributed by atoms with Gasteiger partial charge in [0.2, 0.25) is 0 Å². The van der Waals surface area contributed by atoms with Crippen molar-refractivity contribution in [1.29, 1.82) is 0 Å². The standard InChI is InChI=1S/C31H46N4O5S/c1-30(2,3)40-29(36)34-41(37,38)32-23-31(25-11-8-12-28(21-25)39-4)17-13-26(14-18-31)33-27-15-19-35(20-16-27)22-24-9-6-5-7-10-24/h5-12,21,26-27,32-33H,13-20,22-23H2,1-4H3,(H,34,36). The molecule has 2 aliphatic rings. The fraction of sp³-hybridized carbons (Fsp3) is 0.581. The SMILES string of the molecule is COc1cccc(C2(CNS(=O)(=O)NC(=O)OC(C)(C)C)CCC(NC3CCN(Cc4ccccc4)CC3)CC2)c1. The van der Waals surface area contributed by atoms with Gasteiger partial charge in [0.25, 0.3) is 0 Å². The Morgan fingerprint density at radius 3 is 2.27 bits per heavy atom. The number of nitrogens with one attached hydrogen (secondary N) is 3. The van der Waals surface area contributed by atoms with Crippen molar-refractivity contribution in [2.75, 3.05) is 26.7 Å². The Labute approximate surface area is 245 Å². The molecule has 0 unspecified atom stereocenters. The number of hydrogen-bond acceptors (Lipinski definition) is 7. The Hall–Kier alpha value is -2.66. The van der Waals surface area contributed by atoms with E-state index in [2.05, 4.69) is 45.3 Å². The minimum Gasteiger partial charge on any atom is -0.497 e. The molecule has 1 saturated heterocycles. The first-order valence-corrected chi connectivity index (χ1v) is 16.1. The quantitative estimate of drug-likeness (QED) is 0.377. The summed E-state index contributed by atoms with van der Waals surface area (Å²) in [5.74, 6) is 0.735. The molecule has 4 rings (SSSR count). The number of amides is 1. The Balaban J connectivity index is 1.35. The molecule has 2 aromatic rings. The molecule has 3 N–H and O–H groups in total. The van der Waals surface area contributed by atoms with Crippen LogP contribution in [-0.4, -0.2) is 63.8 Å². The first-order valence-electron chi connectivity index (χ1n) is 14.6. The average Bonchev–Trinajstić information content (AvgIpc) is 2.93. The molecule has 10 heteroatoms. The molecule has 0 aromatic heterocycles. The van der Waals surface area contributed by atoms with Crippen LogP contribution in [0.4, 0.5) is 4.79 Å². The molecular formula is C31H46N4O5S. The first kappa shape index (κ1) is 31.3. The van der Waals surface area contributed by atoms with Gasteiger partial charge in [0, 0.05) is 30.6 Å². The zero-order valence-corrected chi connectivity index (χ0v) is 25.6. The van der Waals surface area contributed by atoms with Crippen LogP contribution < -0.4 is 19.5 Å². The normalized spacial score (nSPS) is 22.7. The summed E-state index contributed by atoms with van der Waals surface area (Å²) in [6, 6.07) is 19.4. The molecule has 1 saturated carbocycles. The van der Waals surface area contributed by atoms with Crippen LogP contribution in [0.15, 0.2) is 54.6 Å². The van der Waals surface area contributed by atoms with E-state index in [1.807, 2.05) is 29.0 Å². The van der Waals surface area contributed by atoms with E-state index in [1.54, 1.807) is 27.9 Å². The molecule has 0 radical (unpaired) electrons. The largest absolute Gasteiger partial charge is 0.497 e. The van der Waals surface area contributed by atoms with Crippen molar-refractivity contribution in [3.05, 3.63) is 65.7 Å². The number of piperidine rings is 1. The van der Waals surface area contributed by atoms with E-state index >= 15 is 0 Å². The van der Waals surface area contributed by atoms with Crippen molar-refractivity contribution >= 4 is 16.3 Å². The third-order valence-corrected chi connectivity index (χ3v) is 9.11. The molecule has 2 aromatic carbocycles. The minimum atomic E-state index is -4.10. The highest BCUT2D eigenvalue weighted by Crippen LogP contribution is 2.40. The monoisotopic (exact) mass is 586 g/mol. The van der Waals surface area contributed by atoms with Crippen LogP contribution in [-0.2, 0) is 26.9 Å². The van der Waals surface area contributed by atoms with Gasteiger partial charge in [-0.25, -0.2) is 9.52 Å². The predicted octanol–water partition coefficient (Wildman–Crippen LogP) is 4.49. The molecule has 41 heavy (non-hydrogen) atoms. The average molecular weight is 587 g/mol. The Morgan fingerprint density at radius 2 is 1.63 bits per heavy atom. The number of hydrogen-bond donors (Lipinski definition) is 3. The fourth-order valence-electron chi connectivity index (χ4n) is 5.97. The van der Waals surface area contributed by atoms with Gasteiger partial charge in [-0.05, 0) is 95.6 Å². The maximum atomic E-state index is 12.8. The van der Waals surface area contributed by atoms with Gasteiger partial charge in [0.1, 0.15) is 11.4 Å². The van der Waals surface area contributed by atoms with E-state index < -0.39 is 27.3 Å². The van der Waals surface area contributed by atoms with Crippen molar-refractivity contribution in [3.63, 3.8) is 0 Å². The predicted molar refractivity (Wildman–Crippen MR) is 161 cm³/mol. The van der Waals surface area contributed by atoms with Crippen molar-refractivity contribution in [1.82, 2.24) is 19.7 Å². The molecular weight excluding hydrogens is 540 g/mol. The van der Waals surface area contributed by atoms with E-state index in [0.29, 0.717) is 12.1 Å². The van der Waals surface area contributed by atoms with Crippen molar-refractivity contribution in [2.45, 2.75) is 88.9 Å². The second kappa shape index (κ2) is 13.5. The Bertz CT molecular complexity index is 1230. The molecule has 1 aliphatic carbocycles. The molecule has 1 aliphatic heterocycles. The van der Waals surface area contributed by atoms with E-state index in [4.69, 9.17) is 9.47 Å². The number of ether oxygens (including phenoxy) is 2. The lowest BCUT2D eigenvalue weighted by Gasteiger charge is -2.43. The molecule has 1 amide bonds. The second-order valence-electron chi connectivity index (χ2n) is 12.4. The lowest BCUT2D eigenvalue weighted by atomic mass is 9.68. The van der Waals surface area contributed by atoms with Crippen molar-refractivity contribution < 1.29 is 22.7 Å². The lowest BCUT2D eigenvalue weighted by Crippen LogP contribution is -2.52. The summed E-state index contributed by atoms with van der Waals surface area (Å²) in [5, 5.41) is 3.91. The number of likely N-dealkylation sites (tertiary alicyclic amines) is 1. The summed E-state index contributed by atoms with van der Waals surface area (Å²) < 4.78 is 40.8. The highest BCUT2D eigenvalue weighted by molar-refractivity contribution is 7.88. The third kappa shape index (κ3) is 9.43. The summed E-state index contributed by atoms with van der Waals surface area (Å²) in [5.41, 5.74) is 1.17. The number of nitrogens with zero attached hydrogens (tertiary/aromatic N) is 1. The third-order valence-electron chi connectivity index (χ3n) is 8.15. The minimum absolute atomic E-state index is 0.170. The Kier molecular flexibility index (Phi) is 10.3. The van der Waals surface area contributed by atoms with Crippen LogP contribution in [0, 0.1) is 0 Å². The molecule has 2 fully saturated rings. The van der Waals surface area contributed by atoms with E-state index in [9.17, 15) is 13.2 Å². The highest BCUT2D eigenvalue weighted by Gasteiger charge is 2.39. The number of benzene rings is 2. The maximum Gasteiger partial charge on any atom is 0.422 e. The topological polar surface area (TPSA) is 109 Å². The second-order valence-corrected chi connectivity index (χ2v) is 13.9. The molecule has 0 bridgehead atoms. The van der Waals surface area contributed by atoms with Gasteiger partial charge in [-0.15, -0.1) is 0 Å². The number of carbonyl (C=O) groups excluding carboxylic acids is 1. The Morgan fingerprint density at radius 1 is 0.976 bits per heavy atom. The smallest absolute Gasteiger partial charge is 0.422 e. The molecule has 0 atom stereocenters. The summed E-state index contributed by atoms with van der Waals surface area (Å²) in [6.07, 6.45) is 4.73. The van der Waals surface area contributed by atoms with Crippen LogP contribution in [0.2, 0.25) is 0 Å². The summed E-state index contributed by atoms with van der Waals surface area (Å²) in [4.78, 5) is 14.6. The van der Waals surface area contributed by atoms with Crippen LogP contribution in [0.3, 0.4) is 0 Å². The fourth-order valence-corrected chi connectivity index (χ4v) is 6.77. The molecule has 9 nitrogen and oxygen atoms in total. The number of carbonyl (C=O) groups is 1. The van der Waals surface area contributed by atoms with Crippen LogP contribution in [0.1, 0.15) is 70.4 Å². The maximum absolute atomic E-state index is 12.8. The van der Waals surface area contributed by atoms with Crippen LogP contribution >= 0.6 is 0 Å². The number of rotatable bonds is 10. The van der Waals surface area contributed by atoms with Crippen molar-refractivity contribution in [2.24, 2.45) is 0 Å². The zero-order valence-electron chi connectivity index (χ0n) is 24.8. The van der Waals surface area contributed by atoms with Gasteiger partial charge in [-0.2, -0.15) is 13.1 Å². The van der Waals surface area contributed by atoms with E-state index in [-0.39, 0.29) is 6.54 Å². The lowest BCUT2D eigenvalue weighted by molar-refractivity contribution is 0.0569. The summed E-state index contributed by atoms with van der Waals surface area (Å²) in [6.45, 7) is 8.39. The van der Waals surface area contributed by atoms with Gasteiger partial charge in [0.05, 0.1) is 7.11 Å². The van der Waals surface area contributed by atoms with E-state index in [1.165, 1.54) is 5.56 Å². The van der Waals surface area contributed by atoms with E-state index in [0.717, 1.165) is 69.5 Å². The highest BCUT2D eigenvalue weighted by atomic mass is 32.2. The summed E-state index contributed by atoms with van der Waals surface area (Å²) in [7, 11) is -2.47.